The number of carbonyl (C=O) groups is 4. The SMILES string of the molecule is C[C@H](NC(=O)OCc1ccccc1)C(=O)N[C@@H](Cc1c[nH]c2ccccc12)C(=O)N[C@@H](Cc1ccccc1)C(O)C(=O)NCc1ccccn1. The summed E-state index contributed by atoms with van der Waals surface area (Å²) in [5.41, 5.74) is 3.78. The molecule has 0 spiro atoms. The van der Waals surface area contributed by atoms with Gasteiger partial charge in [0.15, 0.2) is 6.10 Å². The van der Waals surface area contributed by atoms with Crippen LogP contribution in [-0.4, -0.2) is 63.1 Å². The van der Waals surface area contributed by atoms with Crippen LogP contribution < -0.4 is 21.3 Å². The first-order chi connectivity index (χ1) is 24.3. The molecule has 12 nitrogen and oxygen atoms in total. The summed E-state index contributed by atoms with van der Waals surface area (Å²) in [5.74, 6) is -1.95. The van der Waals surface area contributed by atoms with Crippen molar-refractivity contribution in [3.8, 4) is 0 Å². The number of rotatable bonds is 15. The molecule has 2 aromatic heterocycles. The summed E-state index contributed by atoms with van der Waals surface area (Å²) in [6.45, 7) is 1.58. The molecule has 6 N–H and O–H groups in total. The fraction of sp³-hybridized carbons (Fsp3) is 0.237. The van der Waals surface area contributed by atoms with Crippen LogP contribution in [0.2, 0.25) is 0 Å². The van der Waals surface area contributed by atoms with Crippen LogP contribution in [0.5, 0.6) is 0 Å². The summed E-state index contributed by atoms with van der Waals surface area (Å²) in [4.78, 5) is 60.5. The third kappa shape index (κ3) is 10.0. The van der Waals surface area contributed by atoms with Gasteiger partial charge in [0.2, 0.25) is 11.8 Å². The van der Waals surface area contributed by atoms with E-state index in [0.717, 1.165) is 27.6 Å². The van der Waals surface area contributed by atoms with Crippen LogP contribution in [0.25, 0.3) is 10.9 Å². The van der Waals surface area contributed by atoms with E-state index in [4.69, 9.17) is 4.74 Å². The molecule has 0 aliphatic heterocycles. The minimum atomic E-state index is -1.63. The van der Waals surface area contributed by atoms with Crippen LogP contribution in [0, 0.1) is 0 Å². The number of nitrogens with zero attached hydrogens (tertiary/aromatic N) is 1. The second-order valence-corrected chi connectivity index (χ2v) is 11.8. The Bertz CT molecular complexity index is 1870. The lowest BCUT2D eigenvalue weighted by Gasteiger charge is -2.27. The van der Waals surface area contributed by atoms with Crippen molar-refractivity contribution in [3.63, 3.8) is 0 Å². The van der Waals surface area contributed by atoms with Crippen molar-refractivity contribution < 1.29 is 29.0 Å². The number of aromatic amines is 1. The predicted molar refractivity (Wildman–Crippen MR) is 187 cm³/mol. The number of para-hydroxylation sites is 1. The van der Waals surface area contributed by atoms with Gasteiger partial charge in [-0.1, -0.05) is 84.9 Å². The van der Waals surface area contributed by atoms with E-state index in [-0.39, 0.29) is 26.0 Å². The minimum Gasteiger partial charge on any atom is -0.445 e. The Hall–Kier alpha value is -6.01. The number of pyridine rings is 1. The summed E-state index contributed by atoms with van der Waals surface area (Å²) in [6, 6.07) is 27.8. The number of hydrogen-bond donors (Lipinski definition) is 6. The molecular formula is C38H40N6O6. The molecule has 0 saturated carbocycles. The maximum atomic E-state index is 14.1. The first-order valence-corrected chi connectivity index (χ1v) is 16.3. The van der Waals surface area contributed by atoms with E-state index in [1.165, 1.54) is 6.92 Å². The second-order valence-electron chi connectivity index (χ2n) is 11.8. The lowest BCUT2D eigenvalue weighted by atomic mass is 9.98. The van der Waals surface area contributed by atoms with Crippen LogP contribution in [0.4, 0.5) is 4.79 Å². The molecule has 0 radical (unpaired) electrons. The highest BCUT2D eigenvalue weighted by Crippen LogP contribution is 2.20. The molecule has 4 amide bonds. The molecular weight excluding hydrogens is 636 g/mol. The van der Waals surface area contributed by atoms with E-state index in [1.807, 2.05) is 84.9 Å². The van der Waals surface area contributed by atoms with E-state index in [1.54, 1.807) is 30.6 Å². The molecule has 0 aliphatic carbocycles. The maximum Gasteiger partial charge on any atom is 0.408 e. The van der Waals surface area contributed by atoms with Crippen LogP contribution >= 0.6 is 0 Å². The van der Waals surface area contributed by atoms with Crippen molar-refractivity contribution in [2.75, 3.05) is 0 Å². The van der Waals surface area contributed by atoms with Gasteiger partial charge in [-0.15, -0.1) is 0 Å². The number of carbonyl (C=O) groups excluding carboxylic acids is 4. The number of fused-ring (bicyclic) bond motifs is 1. The average molecular weight is 677 g/mol. The van der Waals surface area contributed by atoms with E-state index in [9.17, 15) is 24.3 Å². The largest absolute Gasteiger partial charge is 0.445 e. The number of ether oxygens (including phenoxy) is 1. The predicted octanol–water partition coefficient (Wildman–Crippen LogP) is 3.31. The zero-order valence-electron chi connectivity index (χ0n) is 27.5. The third-order valence-corrected chi connectivity index (χ3v) is 8.12. The van der Waals surface area contributed by atoms with Gasteiger partial charge in [0.05, 0.1) is 18.3 Å². The van der Waals surface area contributed by atoms with Crippen LogP contribution in [0.3, 0.4) is 0 Å². The van der Waals surface area contributed by atoms with Gasteiger partial charge in [-0.05, 0) is 48.2 Å². The lowest BCUT2D eigenvalue weighted by molar-refractivity contribution is -0.134. The highest BCUT2D eigenvalue weighted by atomic mass is 16.5. The van der Waals surface area contributed by atoms with Gasteiger partial charge in [-0.3, -0.25) is 19.4 Å². The van der Waals surface area contributed by atoms with Gasteiger partial charge in [-0.25, -0.2) is 4.79 Å². The van der Waals surface area contributed by atoms with Crippen molar-refractivity contribution in [2.24, 2.45) is 0 Å². The highest BCUT2D eigenvalue weighted by Gasteiger charge is 2.32. The van der Waals surface area contributed by atoms with Crippen molar-refractivity contribution in [2.45, 2.75) is 57.1 Å². The van der Waals surface area contributed by atoms with Gasteiger partial charge in [0, 0.05) is 29.7 Å². The Morgan fingerprint density at radius 3 is 2.16 bits per heavy atom. The van der Waals surface area contributed by atoms with Gasteiger partial charge in [0.25, 0.3) is 5.91 Å². The molecule has 0 saturated heterocycles. The molecule has 5 rings (SSSR count). The zero-order valence-corrected chi connectivity index (χ0v) is 27.5. The minimum absolute atomic E-state index is 0.0210. The average Bonchev–Trinajstić information content (AvgIpc) is 3.55. The topological polar surface area (TPSA) is 175 Å². The monoisotopic (exact) mass is 676 g/mol. The number of alkyl carbamates (subject to hydrolysis) is 1. The molecule has 4 atom stereocenters. The van der Waals surface area contributed by atoms with Crippen molar-refractivity contribution >= 4 is 34.7 Å². The standard InChI is InChI=1S/C38H40N6O6/c1-25(42-38(49)50-24-27-14-6-3-7-15-27)35(46)44-33(21-28-22-40-31-18-9-8-17-30(28)31)36(47)43-32(20-26-12-4-2-5-13-26)34(45)37(48)41-23-29-16-10-11-19-39-29/h2-19,22,25,32-34,40,45H,20-21,23-24H2,1H3,(H,41,48)(H,42,49)(H,43,47)(H,44,46)/t25-,32-,33-,34?/m0/s1. The number of amides is 4. The third-order valence-electron chi connectivity index (χ3n) is 8.12. The summed E-state index contributed by atoms with van der Waals surface area (Å²) >= 11 is 0. The molecule has 50 heavy (non-hydrogen) atoms. The molecule has 12 heteroatoms. The molecule has 0 bridgehead atoms. The molecule has 258 valence electrons. The van der Waals surface area contributed by atoms with Crippen molar-refractivity contribution in [1.82, 2.24) is 31.2 Å². The molecule has 1 unspecified atom stereocenters. The van der Waals surface area contributed by atoms with Crippen molar-refractivity contribution in [1.29, 1.82) is 0 Å². The number of aliphatic hydroxyl groups is 1. The first-order valence-electron chi connectivity index (χ1n) is 16.3. The number of H-pyrrole nitrogens is 1. The van der Waals surface area contributed by atoms with Crippen LogP contribution in [-0.2, 0) is 45.1 Å². The Morgan fingerprint density at radius 2 is 1.44 bits per heavy atom. The first kappa shape index (κ1) is 35.3. The number of hydrogen-bond acceptors (Lipinski definition) is 7. The van der Waals surface area contributed by atoms with Crippen LogP contribution in [0.15, 0.2) is 116 Å². The number of benzene rings is 3. The number of aromatic nitrogens is 2. The highest BCUT2D eigenvalue weighted by molar-refractivity contribution is 5.93. The molecule has 0 aliphatic rings. The summed E-state index contributed by atoms with van der Waals surface area (Å²) in [7, 11) is 0. The van der Waals surface area contributed by atoms with Gasteiger partial charge < -0.3 is 36.1 Å². The Morgan fingerprint density at radius 1 is 0.760 bits per heavy atom. The number of nitrogens with one attached hydrogen (secondary N) is 5. The number of aliphatic hydroxyl groups excluding tert-OH is 1. The zero-order chi connectivity index (χ0) is 35.3. The van der Waals surface area contributed by atoms with E-state index in [2.05, 4.69) is 31.2 Å². The molecule has 0 fully saturated rings. The smallest absolute Gasteiger partial charge is 0.408 e. The van der Waals surface area contributed by atoms with Crippen LogP contribution in [0.1, 0.15) is 29.3 Å². The summed E-state index contributed by atoms with van der Waals surface area (Å²) in [5, 5.41) is 22.9. The molecule has 2 heterocycles. The second kappa shape index (κ2) is 17.4. The molecule has 3 aromatic carbocycles. The van der Waals surface area contributed by atoms with Gasteiger partial charge >= 0.3 is 6.09 Å². The summed E-state index contributed by atoms with van der Waals surface area (Å²) < 4.78 is 5.26. The molecule has 5 aromatic rings. The lowest BCUT2D eigenvalue weighted by Crippen LogP contribution is -2.58. The Kier molecular flexibility index (Phi) is 12.3. The maximum absolute atomic E-state index is 14.1. The normalized spacial score (nSPS) is 13.3. The quantitative estimate of drug-likeness (QED) is 0.0987. The Balaban J connectivity index is 1.31. The van der Waals surface area contributed by atoms with E-state index >= 15 is 0 Å². The fourth-order valence-corrected chi connectivity index (χ4v) is 5.39. The fourth-order valence-electron chi connectivity index (χ4n) is 5.39. The van der Waals surface area contributed by atoms with E-state index < -0.39 is 48.0 Å². The summed E-state index contributed by atoms with van der Waals surface area (Å²) in [6.07, 6.45) is 1.14. The van der Waals surface area contributed by atoms with Gasteiger partial charge in [-0.2, -0.15) is 0 Å². The van der Waals surface area contributed by atoms with Crippen molar-refractivity contribution in [3.05, 3.63) is 138 Å². The van der Waals surface area contributed by atoms with E-state index in [0.29, 0.717) is 5.69 Å². The Labute approximate surface area is 289 Å². The van der Waals surface area contributed by atoms with Gasteiger partial charge in [0.1, 0.15) is 18.7 Å².